The molecule has 0 unspecified atom stereocenters. The Bertz CT molecular complexity index is 1060. The van der Waals surface area contributed by atoms with Gasteiger partial charge in [0.15, 0.2) is 11.5 Å². The van der Waals surface area contributed by atoms with Crippen molar-refractivity contribution in [3.63, 3.8) is 0 Å². The number of methoxy groups -OCH3 is 1. The van der Waals surface area contributed by atoms with E-state index in [0.717, 1.165) is 53.3 Å². The molecule has 0 atom stereocenters. The SMILES string of the molecule is C/C=C/c1ccc(OCCCCn2c(CN(C)C(C)=O)nc3ccccc32)c(OC)c1. The van der Waals surface area contributed by atoms with Crippen molar-refractivity contribution in [1.82, 2.24) is 14.5 Å². The minimum Gasteiger partial charge on any atom is -0.493 e. The molecule has 0 fully saturated rings. The number of carbonyl (C=O) groups excluding carboxylic acids is 1. The lowest BCUT2D eigenvalue weighted by molar-refractivity contribution is -0.128. The van der Waals surface area contributed by atoms with Gasteiger partial charge in [-0.05, 0) is 49.6 Å². The van der Waals surface area contributed by atoms with Gasteiger partial charge in [-0.2, -0.15) is 0 Å². The van der Waals surface area contributed by atoms with Gasteiger partial charge in [0.25, 0.3) is 0 Å². The summed E-state index contributed by atoms with van der Waals surface area (Å²) in [5, 5.41) is 0. The third kappa shape index (κ3) is 5.66. The van der Waals surface area contributed by atoms with E-state index in [0.29, 0.717) is 13.2 Å². The second kappa shape index (κ2) is 10.7. The quantitative estimate of drug-likeness (QED) is 0.436. The smallest absolute Gasteiger partial charge is 0.219 e. The number of nitrogens with zero attached hydrogens (tertiary/aromatic N) is 3. The number of benzene rings is 2. The van der Waals surface area contributed by atoms with Crippen molar-refractivity contribution >= 4 is 23.0 Å². The lowest BCUT2D eigenvalue weighted by Gasteiger charge is -2.16. The van der Waals surface area contributed by atoms with Gasteiger partial charge >= 0.3 is 0 Å². The minimum absolute atomic E-state index is 0.0291. The molecule has 3 aromatic rings. The van der Waals surface area contributed by atoms with E-state index in [-0.39, 0.29) is 5.91 Å². The number of ether oxygens (including phenoxy) is 2. The maximum absolute atomic E-state index is 11.7. The number of fused-ring (bicyclic) bond motifs is 1. The van der Waals surface area contributed by atoms with E-state index in [1.807, 2.05) is 55.5 Å². The van der Waals surface area contributed by atoms with Crippen LogP contribution in [0.2, 0.25) is 0 Å². The molecule has 0 aliphatic rings. The Morgan fingerprint density at radius 2 is 1.97 bits per heavy atom. The number of aromatic nitrogens is 2. The van der Waals surface area contributed by atoms with Gasteiger partial charge in [0.05, 0.1) is 31.3 Å². The topological polar surface area (TPSA) is 56.6 Å². The zero-order valence-electron chi connectivity index (χ0n) is 18.8. The Labute approximate surface area is 184 Å². The van der Waals surface area contributed by atoms with Crippen molar-refractivity contribution < 1.29 is 14.3 Å². The van der Waals surface area contributed by atoms with Gasteiger partial charge in [-0.3, -0.25) is 4.79 Å². The summed E-state index contributed by atoms with van der Waals surface area (Å²) in [5.41, 5.74) is 3.13. The molecule has 0 aliphatic heterocycles. The summed E-state index contributed by atoms with van der Waals surface area (Å²) in [6, 6.07) is 14.0. The lowest BCUT2D eigenvalue weighted by Crippen LogP contribution is -2.25. The molecule has 31 heavy (non-hydrogen) atoms. The van der Waals surface area contributed by atoms with Crippen molar-refractivity contribution in [1.29, 1.82) is 0 Å². The van der Waals surface area contributed by atoms with Crippen molar-refractivity contribution in [2.45, 2.75) is 39.8 Å². The van der Waals surface area contributed by atoms with E-state index in [2.05, 4.69) is 10.6 Å². The highest BCUT2D eigenvalue weighted by molar-refractivity contribution is 5.76. The van der Waals surface area contributed by atoms with Crippen molar-refractivity contribution in [2.24, 2.45) is 0 Å². The van der Waals surface area contributed by atoms with Gasteiger partial charge in [-0.25, -0.2) is 4.98 Å². The first-order valence-electron chi connectivity index (χ1n) is 10.6. The molecule has 0 saturated heterocycles. The number of imidazole rings is 1. The Hall–Kier alpha value is -3.28. The zero-order valence-corrected chi connectivity index (χ0v) is 18.8. The third-order valence-electron chi connectivity index (χ3n) is 5.23. The van der Waals surface area contributed by atoms with Crippen LogP contribution in [0, 0.1) is 0 Å². The molecule has 2 aromatic carbocycles. The molecule has 1 aromatic heterocycles. The number of amides is 1. The molecular formula is C25H31N3O3. The van der Waals surface area contributed by atoms with Crippen molar-refractivity contribution in [3.05, 3.63) is 59.9 Å². The second-order valence-corrected chi connectivity index (χ2v) is 7.51. The molecule has 0 spiro atoms. The molecule has 0 bridgehead atoms. The molecule has 3 rings (SSSR count). The Morgan fingerprint density at radius 1 is 1.16 bits per heavy atom. The fraction of sp³-hybridized carbons (Fsp3) is 0.360. The number of unbranched alkanes of at least 4 members (excludes halogenated alkanes) is 1. The van der Waals surface area contributed by atoms with E-state index in [1.165, 1.54) is 0 Å². The van der Waals surface area contributed by atoms with Gasteiger partial charge in [-0.1, -0.05) is 30.4 Å². The number of para-hydroxylation sites is 2. The maximum atomic E-state index is 11.7. The van der Waals surface area contributed by atoms with Crippen molar-refractivity contribution in [2.75, 3.05) is 20.8 Å². The average Bonchev–Trinajstić information content (AvgIpc) is 3.11. The van der Waals surface area contributed by atoms with Crippen LogP contribution in [0.15, 0.2) is 48.5 Å². The van der Waals surface area contributed by atoms with Gasteiger partial charge in [-0.15, -0.1) is 0 Å². The van der Waals surface area contributed by atoms with Gasteiger partial charge in [0.1, 0.15) is 5.82 Å². The van der Waals surface area contributed by atoms with Crippen LogP contribution in [-0.2, 0) is 17.9 Å². The molecule has 6 heteroatoms. The molecule has 0 aliphatic carbocycles. The summed E-state index contributed by atoms with van der Waals surface area (Å²) in [7, 11) is 3.46. The highest BCUT2D eigenvalue weighted by Gasteiger charge is 2.13. The summed E-state index contributed by atoms with van der Waals surface area (Å²) in [6.45, 7) is 5.49. The first-order valence-corrected chi connectivity index (χ1v) is 10.6. The summed E-state index contributed by atoms with van der Waals surface area (Å²) >= 11 is 0. The van der Waals surface area contributed by atoms with E-state index < -0.39 is 0 Å². The lowest BCUT2D eigenvalue weighted by atomic mass is 10.2. The largest absolute Gasteiger partial charge is 0.493 e. The van der Waals surface area contributed by atoms with Crippen molar-refractivity contribution in [3.8, 4) is 11.5 Å². The van der Waals surface area contributed by atoms with Crippen LogP contribution in [0.1, 0.15) is 38.1 Å². The van der Waals surface area contributed by atoms with Crippen LogP contribution >= 0.6 is 0 Å². The van der Waals surface area contributed by atoms with Crippen LogP contribution in [-0.4, -0.2) is 41.1 Å². The van der Waals surface area contributed by atoms with Crippen LogP contribution in [0.3, 0.4) is 0 Å². The van der Waals surface area contributed by atoms with E-state index in [1.54, 1.807) is 26.0 Å². The predicted molar refractivity (Wildman–Crippen MR) is 124 cm³/mol. The number of carbonyl (C=O) groups is 1. The van der Waals surface area contributed by atoms with E-state index in [4.69, 9.17) is 14.5 Å². The molecule has 0 N–H and O–H groups in total. The van der Waals surface area contributed by atoms with Crippen LogP contribution < -0.4 is 9.47 Å². The number of hydrogen-bond acceptors (Lipinski definition) is 4. The highest BCUT2D eigenvalue weighted by atomic mass is 16.5. The molecule has 0 radical (unpaired) electrons. The normalized spacial score (nSPS) is 11.2. The molecule has 6 nitrogen and oxygen atoms in total. The zero-order chi connectivity index (χ0) is 22.2. The number of hydrogen-bond donors (Lipinski definition) is 0. The third-order valence-corrected chi connectivity index (χ3v) is 5.23. The standard InChI is InChI=1S/C25H31N3O3/c1-5-10-20-13-14-23(24(17-20)30-4)31-16-9-8-15-28-22-12-7-6-11-21(22)26-25(28)18-27(3)19(2)29/h5-7,10-14,17H,8-9,15-16,18H2,1-4H3/b10-5+. The Morgan fingerprint density at radius 3 is 2.71 bits per heavy atom. The van der Waals surface area contributed by atoms with Crippen LogP contribution in [0.25, 0.3) is 17.1 Å². The summed E-state index contributed by atoms with van der Waals surface area (Å²) in [4.78, 5) is 18.1. The number of allylic oxidation sites excluding steroid dienone is 1. The first kappa shape index (κ1) is 22.4. The fourth-order valence-corrected chi connectivity index (χ4v) is 3.47. The predicted octanol–water partition coefficient (Wildman–Crippen LogP) is 4.92. The summed E-state index contributed by atoms with van der Waals surface area (Å²) in [5.74, 6) is 2.43. The second-order valence-electron chi connectivity index (χ2n) is 7.51. The monoisotopic (exact) mass is 421 g/mol. The van der Waals surface area contributed by atoms with E-state index >= 15 is 0 Å². The number of rotatable bonds is 10. The minimum atomic E-state index is 0.0291. The Balaban J connectivity index is 1.61. The molecule has 1 heterocycles. The van der Waals surface area contributed by atoms with E-state index in [9.17, 15) is 4.79 Å². The van der Waals surface area contributed by atoms with Gasteiger partial charge < -0.3 is 18.9 Å². The van der Waals surface area contributed by atoms with Crippen LogP contribution in [0.4, 0.5) is 0 Å². The molecular weight excluding hydrogens is 390 g/mol. The average molecular weight is 422 g/mol. The maximum Gasteiger partial charge on any atom is 0.219 e. The number of aryl methyl sites for hydroxylation is 1. The molecule has 1 amide bonds. The highest BCUT2D eigenvalue weighted by Crippen LogP contribution is 2.29. The molecule has 164 valence electrons. The summed E-state index contributed by atoms with van der Waals surface area (Å²) in [6.07, 6.45) is 5.87. The van der Waals surface area contributed by atoms with Gasteiger partial charge in [0.2, 0.25) is 5.91 Å². The Kier molecular flexibility index (Phi) is 7.70. The molecule has 0 saturated carbocycles. The van der Waals surface area contributed by atoms with Gasteiger partial charge in [0, 0.05) is 20.5 Å². The first-order chi connectivity index (χ1) is 15.0. The fourth-order valence-electron chi connectivity index (χ4n) is 3.47. The van der Waals surface area contributed by atoms with Crippen LogP contribution in [0.5, 0.6) is 11.5 Å². The summed E-state index contributed by atoms with van der Waals surface area (Å²) < 4.78 is 13.6.